The number of benzene rings is 1. The second kappa shape index (κ2) is 4.49. The summed E-state index contributed by atoms with van der Waals surface area (Å²) in [6.45, 7) is 3.25. The van der Waals surface area contributed by atoms with Gasteiger partial charge in [0.1, 0.15) is 5.75 Å². The van der Waals surface area contributed by atoms with Crippen molar-refractivity contribution >= 4 is 5.91 Å². The van der Waals surface area contributed by atoms with Crippen molar-refractivity contribution in [3.8, 4) is 5.75 Å². The van der Waals surface area contributed by atoms with Gasteiger partial charge >= 0.3 is 0 Å². The Hall–Kier alpha value is -1.51. The summed E-state index contributed by atoms with van der Waals surface area (Å²) in [5, 5.41) is 0. The van der Waals surface area contributed by atoms with Crippen LogP contribution in [-0.4, -0.2) is 24.5 Å². The van der Waals surface area contributed by atoms with Gasteiger partial charge in [0.2, 0.25) is 5.91 Å². The molecule has 21 heavy (non-hydrogen) atoms. The normalized spacial score (nSPS) is 34.2. The lowest BCUT2D eigenvalue weighted by Crippen LogP contribution is -2.44. The number of fused-ring (bicyclic) bond motifs is 1. The van der Waals surface area contributed by atoms with E-state index in [4.69, 9.17) is 4.74 Å². The Morgan fingerprint density at radius 3 is 3.05 bits per heavy atom. The molecule has 1 aromatic carbocycles. The van der Waals surface area contributed by atoms with E-state index in [0.29, 0.717) is 17.7 Å². The first kappa shape index (κ1) is 13.2. The quantitative estimate of drug-likeness (QED) is 0.793. The van der Waals surface area contributed by atoms with Gasteiger partial charge in [-0.15, -0.1) is 0 Å². The highest BCUT2D eigenvalue weighted by molar-refractivity contribution is 5.81. The summed E-state index contributed by atoms with van der Waals surface area (Å²) in [7, 11) is 1.72. The number of carbonyl (C=O) groups excluding carboxylic acids is 1. The van der Waals surface area contributed by atoms with Gasteiger partial charge in [-0.05, 0) is 60.8 Å². The van der Waals surface area contributed by atoms with E-state index >= 15 is 0 Å². The molecule has 3 atom stereocenters. The summed E-state index contributed by atoms with van der Waals surface area (Å²) in [5.41, 5.74) is 2.78. The van der Waals surface area contributed by atoms with Gasteiger partial charge in [-0.1, -0.05) is 13.0 Å². The van der Waals surface area contributed by atoms with Gasteiger partial charge in [-0.25, -0.2) is 0 Å². The molecule has 0 aromatic heterocycles. The fraction of sp³-hybridized carbons (Fsp3) is 0.611. The molecule has 2 fully saturated rings. The fourth-order valence-corrected chi connectivity index (χ4v) is 5.14. The molecule has 0 radical (unpaired) electrons. The van der Waals surface area contributed by atoms with Crippen LogP contribution in [0.2, 0.25) is 0 Å². The minimum Gasteiger partial charge on any atom is -0.497 e. The third-order valence-electron chi connectivity index (χ3n) is 5.83. The molecule has 3 unspecified atom stereocenters. The van der Waals surface area contributed by atoms with Crippen LogP contribution in [0.15, 0.2) is 18.2 Å². The fourth-order valence-electron chi connectivity index (χ4n) is 5.14. The summed E-state index contributed by atoms with van der Waals surface area (Å²) in [6.07, 6.45) is 5.18. The minimum absolute atomic E-state index is 0.0192. The van der Waals surface area contributed by atoms with Crippen molar-refractivity contribution in [3.63, 3.8) is 0 Å². The maximum absolute atomic E-state index is 12.5. The Balaban J connectivity index is 1.90. The number of aryl methyl sites for hydroxylation is 1. The van der Waals surface area contributed by atoms with Crippen LogP contribution in [-0.2, 0) is 16.8 Å². The molecule has 0 N–H and O–H groups in total. The third-order valence-corrected chi connectivity index (χ3v) is 5.83. The molecule has 1 amide bonds. The topological polar surface area (TPSA) is 29.5 Å². The zero-order valence-corrected chi connectivity index (χ0v) is 12.9. The predicted octanol–water partition coefficient (Wildman–Crippen LogP) is 3.12. The largest absolute Gasteiger partial charge is 0.497 e. The monoisotopic (exact) mass is 285 g/mol. The summed E-state index contributed by atoms with van der Waals surface area (Å²) >= 11 is 0. The lowest BCUT2D eigenvalue weighted by Gasteiger charge is -2.39. The van der Waals surface area contributed by atoms with Crippen molar-refractivity contribution in [2.24, 2.45) is 11.8 Å². The Kier molecular flexibility index (Phi) is 2.82. The number of hydrogen-bond donors (Lipinski definition) is 0. The number of amides is 1. The van der Waals surface area contributed by atoms with Crippen molar-refractivity contribution in [1.82, 2.24) is 4.90 Å². The van der Waals surface area contributed by atoms with Crippen LogP contribution in [0.4, 0.5) is 0 Å². The van der Waals surface area contributed by atoms with Crippen molar-refractivity contribution < 1.29 is 9.53 Å². The van der Waals surface area contributed by atoms with E-state index in [9.17, 15) is 4.79 Å². The van der Waals surface area contributed by atoms with E-state index in [2.05, 4.69) is 30.0 Å². The highest BCUT2D eigenvalue weighted by Crippen LogP contribution is 2.57. The van der Waals surface area contributed by atoms with Crippen LogP contribution in [0.3, 0.4) is 0 Å². The van der Waals surface area contributed by atoms with E-state index in [1.165, 1.54) is 17.5 Å². The van der Waals surface area contributed by atoms with Gasteiger partial charge in [-0.3, -0.25) is 4.79 Å². The second-order valence-corrected chi connectivity index (χ2v) is 7.04. The summed E-state index contributed by atoms with van der Waals surface area (Å²) in [4.78, 5) is 14.7. The molecule has 0 bridgehead atoms. The maximum Gasteiger partial charge on any atom is 0.223 e. The molecule has 3 nitrogen and oxygen atoms in total. The lowest BCUT2D eigenvalue weighted by atomic mass is 9.79. The standard InChI is InChI=1S/C18H23NO2/c1-12-8-14-10-17(20)19-7-3-4-13-9-15(21-2)5-6-16(13)18(14,19)11-12/h5-6,9,12,14H,3-4,7-8,10-11H2,1-2H3. The molecule has 3 aliphatic rings. The second-order valence-electron chi connectivity index (χ2n) is 7.04. The van der Waals surface area contributed by atoms with Crippen LogP contribution < -0.4 is 4.74 Å². The molecular formula is C18H23NO2. The van der Waals surface area contributed by atoms with E-state index in [1.54, 1.807) is 7.11 Å². The summed E-state index contributed by atoms with van der Waals surface area (Å²) in [5.74, 6) is 2.52. The highest BCUT2D eigenvalue weighted by atomic mass is 16.5. The molecule has 2 aliphatic heterocycles. The van der Waals surface area contributed by atoms with Crippen LogP contribution in [0.25, 0.3) is 0 Å². The average Bonchev–Trinajstić information content (AvgIpc) is 2.84. The number of nitrogens with zero attached hydrogens (tertiary/aromatic N) is 1. The number of rotatable bonds is 1. The first-order valence-corrected chi connectivity index (χ1v) is 8.13. The van der Waals surface area contributed by atoms with Gasteiger partial charge < -0.3 is 9.64 Å². The number of ether oxygens (including phenoxy) is 1. The molecule has 2 heterocycles. The van der Waals surface area contributed by atoms with Gasteiger partial charge in [0.25, 0.3) is 0 Å². The Morgan fingerprint density at radius 1 is 1.38 bits per heavy atom. The lowest BCUT2D eigenvalue weighted by molar-refractivity contribution is -0.131. The third kappa shape index (κ3) is 1.69. The molecule has 1 aliphatic carbocycles. The number of methoxy groups -OCH3 is 1. The molecule has 1 saturated heterocycles. The minimum atomic E-state index is -0.0192. The van der Waals surface area contributed by atoms with Crippen LogP contribution >= 0.6 is 0 Å². The number of carbonyl (C=O) groups is 1. The Bertz CT molecular complexity index is 597. The smallest absolute Gasteiger partial charge is 0.223 e. The van der Waals surface area contributed by atoms with E-state index in [0.717, 1.165) is 38.0 Å². The highest BCUT2D eigenvalue weighted by Gasteiger charge is 2.58. The van der Waals surface area contributed by atoms with Gasteiger partial charge in [0.15, 0.2) is 0 Å². The summed E-state index contributed by atoms with van der Waals surface area (Å²) < 4.78 is 5.40. The van der Waals surface area contributed by atoms with Crippen LogP contribution in [0.1, 0.15) is 43.7 Å². The van der Waals surface area contributed by atoms with Gasteiger partial charge in [0, 0.05) is 13.0 Å². The van der Waals surface area contributed by atoms with Crippen molar-refractivity contribution in [2.45, 2.75) is 44.6 Å². The molecule has 3 heteroatoms. The zero-order chi connectivity index (χ0) is 14.6. The molecular weight excluding hydrogens is 262 g/mol. The summed E-state index contributed by atoms with van der Waals surface area (Å²) in [6, 6.07) is 6.49. The van der Waals surface area contributed by atoms with Crippen molar-refractivity contribution in [3.05, 3.63) is 29.3 Å². The van der Waals surface area contributed by atoms with Crippen molar-refractivity contribution in [1.29, 1.82) is 0 Å². The predicted molar refractivity (Wildman–Crippen MR) is 81.2 cm³/mol. The number of hydrogen-bond acceptors (Lipinski definition) is 2. The SMILES string of the molecule is COc1ccc2c(c1)CCCN1C(=O)CC3CC(C)CC231. The molecule has 1 saturated carbocycles. The van der Waals surface area contributed by atoms with E-state index < -0.39 is 0 Å². The van der Waals surface area contributed by atoms with Crippen LogP contribution in [0.5, 0.6) is 5.75 Å². The molecule has 4 rings (SSSR count). The Labute approximate surface area is 126 Å². The first-order valence-electron chi connectivity index (χ1n) is 8.13. The maximum atomic E-state index is 12.5. The van der Waals surface area contributed by atoms with Gasteiger partial charge in [-0.2, -0.15) is 0 Å². The molecule has 1 spiro atoms. The van der Waals surface area contributed by atoms with E-state index in [1.807, 2.05) is 0 Å². The van der Waals surface area contributed by atoms with Crippen LogP contribution in [0, 0.1) is 11.8 Å². The molecule has 1 aromatic rings. The van der Waals surface area contributed by atoms with Crippen molar-refractivity contribution in [2.75, 3.05) is 13.7 Å². The van der Waals surface area contributed by atoms with E-state index in [-0.39, 0.29) is 5.54 Å². The zero-order valence-electron chi connectivity index (χ0n) is 12.9. The van der Waals surface area contributed by atoms with Gasteiger partial charge in [0.05, 0.1) is 12.6 Å². The Morgan fingerprint density at radius 2 is 2.24 bits per heavy atom. The molecule has 112 valence electrons. The first-order chi connectivity index (χ1) is 10.1. The average molecular weight is 285 g/mol.